The molecule has 1 aromatic carbocycles. The second-order valence-corrected chi connectivity index (χ2v) is 5.65. The molecule has 0 aromatic heterocycles. The van der Waals surface area contributed by atoms with Crippen molar-refractivity contribution in [3.05, 3.63) is 29.8 Å². The first-order valence-corrected chi connectivity index (χ1v) is 7.63. The summed E-state index contributed by atoms with van der Waals surface area (Å²) in [4.78, 5) is 16.6. The molecule has 0 spiro atoms. The van der Waals surface area contributed by atoms with E-state index in [0.29, 0.717) is 0 Å². The van der Waals surface area contributed by atoms with Crippen molar-refractivity contribution in [2.45, 2.75) is 25.8 Å². The van der Waals surface area contributed by atoms with Crippen LogP contribution in [-0.4, -0.2) is 54.2 Å². The fourth-order valence-corrected chi connectivity index (χ4v) is 2.62. The van der Waals surface area contributed by atoms with E-state index in [9.17, 15) is 9.90 Å². The van der Waals surface area contributed by atoms with Crippen LogP contribution in [0.15, 0.2) is 24.3 Å². The van der Waals surface area contributed by atoms with Crippen molar-refractivity contribution in [3.63, 3.8) is 0 Å². The molecule has 0 unspecified atom stereocenters. The first kappa shape index (κ1) is 15.6. The first-order chi connectivity index (χ1) is 10.1. The lowest BCUT2D eigenvalue weighted by Gasteiger charge is -2.25. The van der Waals surface area contributed by atoms with E-state index in [1.165, 1.54) is 0 Å². The fraction of sp³-hybridized carbons (Fsp3) is 0.562. The number of carbonyl (C=O) groups excluding carboxylic acids is 1. The number of phenols is 1. The van der Waals surface area contributed by atoms with E-state index in [1.54, 1.807) is 12.1 Å². The van der Waals surface area contributed by atoms with Crippen molar-refractivity contribution < 1.29 is 9.90 Å². The van der Waals surface area contributed by atoms with Crippen LogP contribution < -0.4 is 5.32 Å². The van der Waals surface area contributed by atoms with Crippen molar-refractivity contribution in [2.24, 2.45) is 0 Å². The number of phenolic OH excluding ortho intramolecular Hbond substituents is 1. The first-order valence-electron chi connectivity index (χ1n) is 7.63. The summed E-state index contributed by atoms with van der Waals surface area (Å²) in [6.07, 6.45) is 1.84. The van der Waals surface area contributed by atoms with Crippen molar-refractivity contribution in [1.82, 2.24) is 15.1 Å². The molecule has 2 rings (SSSR count). The smallest absolute Gasteiger partial charge is 0.317 e. The zero-order valence-corrected chi connectivity index (χ0v) is 12.9. The van der Waals surface area contributed by atoms with Gasteiger partial charge in [0, 0.05) is 19.6 Å². The minimum atomic E-state index is -0.0147. The highest BCUT2D eigenvalue weighted by molar-refractivity contribution is 5.74. The van der Waals surface area contributed by atoms with Crippen LogP contribution in [0.25, 0.3) is 0 Å². The van der Waals surface area contributed by atoms with Crippen LogP contribution in [0.3, 0.4) is 0 Å². The lowest BCUT2D eigenvalue weighted by Crippen LogP contribution is -2.43. The summed E-state index contributed by atoms with van der Waals surface area (Å²) >= 11 is 0. The summed E-state index contributed by atoms with van der Waals surface area (Å²) in [5, 5.41) is 12.5. The van der Waals surface area contributed by atoms with Gasteiger partial charge in [0.1, 0.15) is 5.75 Å². The Morgan fingerprint density at radius 2 is 1.95 bits per heavy atom. The van der Waals surface area contributed by atoms with Gasteiger partial charge in [-0.3, -0.25) is 0 Å². The summed E-state index contributed by atoms with van der Waals surface area (Å²) in [7, 11) is 2.09. The molecule has 1 aliphatic rings. The van der Waals surface area contributed by atoms with E-state index in [4.69, 9.17) is 0 Å². The third-order valence-corrected chi connectivity index (χ3v) is 4.01. The van der Waals surface area contributed by atoms with Crippen molar-refractivity contribution in [1.29, 1.82) is 0 Å². The van der Waals surface area contributed by atoms with E-state index in [-0.39, 0.29) is 17.8 Å². The zero-order chi connectivity index (χ0) is 15.2. The number of amides is 2. The van der Waals surface area contributed by atoms with Gasteiger partial charge in [-0.05, 0) is 44.1 Å². The highest BCUT2D eigenvalue weighted by atomic mass is 16.3. The Bertz CT molecular complexity index is 461. The second-order valence-electron chi connectivity index (χ2n) is 5.65. The van der Waals surface area contributed by atoms with E-state index in [0.717, 1.165) is 44.6 Å². The van der Waals surface area contributed by atoms with Crippen LogP contribution in [-0.2, 0) is 0 Å². The summed E-state index contributed by atoms with van der Waals surface area (Å²) in [5.41, 5.74) is 1.02. The van der Waals surface area contributed by atoms with Crippen LogP contribution in [0.2, 0.25) is 0 Å². The normalized spacial score (nSPS) is 18.1. The van der Waals surface area contributed by atoms with Gasteiger partial charge in [-0.15, -0.1) is 0 Å². The van der Waals surface area contributed by atoms with E-state index in [1.807, 2.05) is 24.0 Å². The molecule has 0 aliphatic carbocycles. The van der Waals surface area contributed by atoms with Crippen molar-refractivity contribution in [2.75, 3.05) is 33.2 Å². The Balaban J connectivity index is 1.97. The molecule has 2 amide bonds. The molecule has 5 heteroatoms. The number of rotatable bonds is 3. The standard InChI is InChI=1S/C16H25N3O2/c1-3-15(13-5-7-14(20)8-6-13)17-16(21)19-10-4-9-18(2)11-12-19/h5-8,15,20H,3-4,9-12H2,1-2H3,(H,17,21)/t15-/m0/s1. The number of nitrogens with zero attached hydrogens (tertiary/aromatic N) is 2. The van der Waals surface area contributed by atoms with Gasteiger partial charge in [-0.25, -0.2) is 4.79 Å². The number of likely N-dealkylation sites (N-methyl/N-ethyl adjacent to an activating group) is 1. The van der Waals surface area contributed by atoms with Crippen LogP contribution in [0.1, 0.15) is 31.4 Å². The van der Waals surface area contributed by atoms with Crippen LogP contribution in [0, 0.1) is 0 Å². The Morgan fingerprint density at radius 1 is 1.24 bits per heavy atom. The summed E-state index contributed by atoms with van der Waals surface area (Å²) in [5.74, 6) is 0.246. The second kappa shape index (κ2) is 7.31. The zero-order valence-electron chi connectivity index (χ0n) is 12.9. The molecule has 1 fully saturated rings. The van der Waals surface area contributed by atoms with Crippen LogP contribution in [0.4, 0.5) is 4.79 Å². The molecule has 2 N–H and O–H groups in total. The molecule has 1 aromatic rings. The van der Waals surface area contributed by atoms with Crippen molar-refractivity contribution in [3.8, 4) is 5.75 Å². The largest absolute Gasteiger partial charge is 0.508 e. The number of nitrogens with one attached hydrogen (secondary N) is 1. The molecule has 1 aliphatic heterocycles. The topological polar surface area (TPSA) is 55.8 Å². The van der Waals surface area contributed by atoms with E-state index in [2.05, 4.69) is 17.3 Å². The van der Waals surface area contributed by atoms with E-state index >= 15 is 0 Å². The Morgan fingerprint density at radius 3 is 2.62 bits per heavy atom. The maximum Gasteiger partial charge on any atom is 0.317 e. The third kappa shape index (κ3) is 4.36. The average Bonchev–Trinajstić information content (AvgIpc) is 2.70. The third-order valence-electron chi connectivity index (χ3n) is 4.01. The molecular formula is C16H25N3O2. The molecule has 0 bridgehead atoms. The van der Waals surface area contributed by atoms with Gasteiger partial charge >= 0.3 is 6.03 Å². The van der Waals surface area contributed by atoms with Gasteiger partial charge in [0.15, 0.2) is 0 Å². The molecule has 1 saturated heterocycles. The van der Waals surface area contributed by atoms with Gasteiger partial charge < -0.3 is 20.2 Å². The maximum atomic E-state index is 12.4. The molecule has 1 heterocycles. The number of carbonyl (C=O) groups is 1. The highest BCUT2D eigenvalue weighted by Gasteiger charge is 2.20. The maximum absolute atomic E-state index is 12.4. The predicted molar refractivity (Wildman–Crippen MR) is 83.4 cm³/mol. The van der Waals surface area contributed by atoms with Crippen LogP contribution in [0.5, 0.6) is 5.75 Å². The number of hydrogen-bond acceptors (Lipinski definition) is 3. The quantitative estimate of drug-likeness (QED) is 0.897. The van der Waals surface area contributed by atoms with Gasteiger partial charge in [0.25, 0.3) is 0 Å². The minimum absolute atomic E-state index is 0.00484. The van der Waals surface area contributed by atoms with Gasteiger partial charge in [0.05, 0.1) is 6.04 Å². The van der Waals surface area contributed by atoms with Gasteiger partial charge in [-0.2, -0.15) is 0 Å². The summed E-state index contributed by atoms with van der Waals surface area (Å²) in [6.45, 7) is 5.59. The number of aromatic hydroxyl groups is 1. The number of urea groups is 1. The molecule has 0 radical (unpaired) electrons. The fourth-order valence-electron chi connectivity index (χ4n) is 2.62. The monoisotopic (exact) mass is 291 g/mol. The Hall–Kier alpha value is -1.75. The summed E-state index contributed by atoms with van der Waals surface area (Å²) < 4.78 is 0. The Labute approximate surface area is 126 Å². The highest BCUT2D eigenvalue weighted by Crippen LogP contribution is 2.20. The van der Waals surface area contributed by atoms with Gasteiger partial charge in [0.2, 0.25) is 0 Å². The molecule has 0 saturated carbocycles. The average molecular weight is 291 g/mol. The SMILES string of the molecule is CC[C@H](NC(=O)N1CCCN(C)CC1)c1ccc(O)cc1. The van der Waals surface area contributed by atoms with Crippen LogP contribution >= 0.6 is 0 Å². The molecule has 1 atom stereocenters. The number of benzene rings is 1. The molecule has 116 valence electrons. The van der Waals surface area contributed by atoms with E-state index < -0.39 is 0 Å². The lowest BCUT2D eigenvalue weighted by molar-refractivity contribution is 0.195. The van der Waals surface area contributed by atoms with Gasteiger partial charge in [-0.1, -0.05) is 19.1 Å². The number of hydrogen-bond donors (Lipinski definition) is 2. The lowest BCUT2D eigenvalue weighted by atomic mass is 10.0. The van der Waals surface area contributed by atoms with Crippen molar-refractivity contribution >= 4 is 6.03 Å². The Kier molecular flexibility index (Phi) is 5.44. The molecular weight excluding hydrogens is 266 g/mol. The molecule has 5 nitrogen and oxygen atoms in total. The molecule has 21 heavy (non-hydrogen) atoms. The predicted octanol–water partition coefficient (Wildman–Crippen LogP) is 2.19. The minimum Gasteiger partial charge on any atom is -0.508 e. The summed E-state index contributed by atoms with van der Waals surface area (Å²) in [6, 6.07) is 7.03.